The number of carbonyl (C=O) groups is 1. The van der Waals surface area contributed by atoms with Gasteiger partial charge in [-0.25, -0.2) is 0 Å². The zero-order valence-electron chi connectivity index (χ0n) is 8.45. The first kappa shape index (κ1) is 12.4. The minimum atomic E-state index is -0.739. The fraction of sp³-hybridized carbons (Fsp3) is 0.889. The van der Waals surface area contributed by atoms with Crippen molar-refractivity contribution in [3.05, 3.63) is 0 Å². The van der Waals surface area contributed by atoms with E-state index in [4.69, 9.17) is 9.84 Å². The molecule has 0 amide bonds. The summed E-state index contributed by atoms with van der Waals surface area (Å²) in [5.41, 5.74) is 0. The molecule has 0 aliphatic rings. The maximum absolute atomic E-state index is 10.2. The van der Waals surface area contributed by atoms with Crippen molar-refractivity contribution < 1.29 is 14.6 Å². The van der Waals surface area contributed by atoms with Crippen LogP contribution in [0.5, 0.6) is 0 Å². The Kier molecular flexibility index (Phi) is 7.63. The van der Waals surface area contributed by atoms with E-state index in [2.05, 4.69) is 0 Å². The molecule has 1 N–H and O–H groups in total. The van der Waals surface area contributed by atoms with Crippen LogP contribution in [-0.4, -0.2) is 49.3 Å². The van der Waals surface area contributed by atoms with Crippen LogP contribution >= 0.6 is 0 Å². The summed E-state index contributed by atoms with van der Waals surface area (Å²) in [5, 5.41) is 8.42. The summed E-state index contributed by atoms with van der Waals surface area (Å²) in [4.78, 5) is 12.2. The molecule has 0 bridgehead atoms. The van der Waals surface area contributed by atoms with E-state index in [1.807, 2.05) is 18.9 Å². The van der Waals surface area contributed by atoms with Crippen LogP contribution in [0.1, 0.15) is 19.8 Å². The molecule has 0 fully saturated rings. The van der Waals surface area contributed by atoms with Crippen LogP contribution in [-0.2, 0) is 9.53 Å². The molecule has 0 unspecified atom stereocenters. The van der Waals surface area contributed by atoms with Gasteiger partial charge in [0.2, 0.25) is 0 Å². The van der Waals surface area contributed by atoms with Gasteiger partial charge in [0.25, 0.3) is 0 Å². The second-order valence-corrected chi connectivity index (χ2v) is 3.00. The Morgan fingerprint density at radius 1 is 1.46 bits per heavy atom. The summed E-state index contributed by atoms with van der Waals surface area (Å²) in [6.07, 6.45) is 1.18. The molecule has 0 atom stereocenters. The highest BCUT2D eigenvalue weighted by Crippen LogP contribution is 1.91. The van der Waals surface area contributed by atoms with Crippen molar-refractivity contribution in [2.24, 2.45) is 0 Å². The number of carboxylic acids is 1. The van der Waals surface area contributed by atoms with Crippen molar-refractivity contribution in [3.8, 4) is 0 Å². The Bertz CT molecular complexity index is 139. The van der Waals surface area contributed by atoms with Gasteiger partial charge in [0, 0.05) is 26.3 Å². The number of carboxylic acid groups (broad SMARTS) is 1. The van der Waals surface area contributed by atoms with Gasteiger partial charge >= 0.3 is 5.97 Å². The highest BCUT2D eigenvalue weighted by atomic mass is 16.5. The maximum atomic E-state index is 10.2. The molecular weight excluding hydrogens is 170 g/mol. The molecular formula is C9H19NO3. The average Bonchev–Trinajstić information content (AvgIpc) is 2.09. The quantitative estimate of drug-likeness (QED) is 0.574. The van der Waals surface area contributed by atoms with Gasteiger partial charge in [-0.15, -0.1) is 0 Å². The second kappa shape index (κ2) is 8.01. The van der Waals surface area contributed by atoms with E-state index in [0.717, 1.165) is 26.2 Å². The molecule has 4 heteroatoms. The molecule has 0 aromatic rings. The van der Waals surface area contributed by atoms with E-state index in [9.17, 15) is 4.79 Å². The van der Waals surface area contributed by atoms with Crippen LogP contribution in [0.15, 0.2) is 0 Å². The first-order chi connectivity index (χ1) is 6.16. The monoisotopic (exact) mass is 189 g/mol. The van der Waals surface area contributed by atoms with Crippen LogP contribution in [0, 0.1) is 0 Å². The van der Waals surface area contributed by atoms with Gasteiger partial charge in [-0.1, -0.05) is 0 Å². The second-order valence-electron chi connectivity index (χ2n) is 3.00. The lowest BCUT2D eigenvalue weighted by Gasteiger charge is -2.14. The van der Waals surface area contributed by atoms with Gasteiger partial charge in [-0.05, 0) is 20.4 Å². The Labute approximate surface area is 79.5 Å². The van der Waals surface area contributed by atoms with Crippen molar-refractivity contribution in [1.82, 2.24) is 4.90 Å². The van der Waals surface area contributed by atoms with Gasteiger partial charge in [-0.3, -0.25) is 4.79 Å². The Hall–Kier alpha value is -0.610. The van der Waals surface area contributed by atoms with Gasteiger partial charge in [-0.2, -0.15) is 0 Å². The molecule has 0 saturated carbocycles. The third-order valence-corrected chi connectivity index (χ3v) is 1.74. The minimum absolute atomic E-state index is 0.213. The summed E-state index contributed by atoms with van der Waals surface area (Å²) in [6.45, 7) is 4.98. The van der Waals surface area contributed by atoms with Crippen LogP contribution < -0.4 is 0 Å². The molecule has 0 heterocycles. The lowest BCUT2D eigenvalue weighted by molar-refractivity contribution is -0.137. The Morgan fingerprint density at radius 2 is 2.15 bits per heavy atom. The number of ether oxygens (including phenoxy) is 1. The van der Waals surface area contributed by atoms with Crippen molar-refractivity contribution >= 4 is 5.97 Å². The largest absolute Gasteiger partial charge is 0.481 e. The third-order valence-electron chi connectivity index (χ3n) is 1.74. The highest BCUT2D eigenvalue weighted by Gasteiger charge is 2.01. The van der Waals surface area contributed by atoms with E-state index < -0.39 is 5.97 Å². The smallest absolute Gasteiger partial charge is 0.304 e. The topological polar surface area (TPSA) is 49.8 Å². The lowest BCUT2D eigenvalue weighted by Crippen LogP contribution is -2.23. The minimum Gasteiger partial charge on any atom is -0.481 e. The fourth-order valence-corrected chi connectivity index (χ4v) is 0.979. The zero-order valence-corrected chi connectivity index (χ0v) is 8.45. The first-order valence-electron chi connectivity index (χ1n) is 4.65. The number of hydrogen-bond acceptors (Lipinski definition) is 3. The summed E-state index contributed by atoms with van der Waals surface area (Å²) in [5.74, 6) is -0.739. The molecule has 0 aromatic heterocycles. The van der Waals surface area contributed by atoms with Crippen molar-refractivity contribution in [2.45, 2.75) is 19.8 Å². The number of aliphatic carboxylic acids is 1. The van der Waals surface area contributed by atoms with E-state index in [1.54, 1.807) is 0 Å². The Balaban J connectivity index is 3.19. The molecule has 78 valence electrons. The lowest BCUT2D eigenvalue weighted by atomic mass is 10.3. The van der Waals surface area contributed by atoms with Crippen LogP contribution in [0.25, 0.3) is 0 Å². The summed E-state index contributed by atoms with van der Waals surface area (Å²) in [6, 6.07) is 0. The van der Waals surface area contributed by atoms with Crippen molar-refractivity contribution in [3.63, 3.8) is 0 Å². The molecule has 0 spiro atoms. The summed E-state index contributed by atoms with van der Waals surface area (Å²) >= 11 is 0. The first-order valence-corrected chi connectivity index (χ1v) is 4.65. The molecule has 0 aromatic carbocycles. The molecule has 0 rings (SSSR count). The fourth-order valence-electron chi connectivity index (χ4n) is 0.979. The SMILES string of the molecule is CCOCCCN(C)CCC(=O)O. The predicted octanol–water partition coefficient (Wildman–Crippen LogP) is 0.820. The van der Waals surface area contributed by atoms with Crippen LogP contribution in [0.2, 0.25) is 0 Å². The normalized spacial score (nSPS) is 10.7. The van der Waals surface area contributed by atoms with Gasteiger partial charge < -0.3 is 14.7 Å². The number of rotatable bonds is 8. The zero-order chi connectivity index (χ0) is 10.1. The van der Waals surface area contributed by atoms with Gasteiger partial charge in [0.1, 0.15) is 0 Å². The van der Waals surface area contributed by atoms with E-state index in [-0.39, 0.29) is 6.42 Å². The third kappa shape index (κ3) is 9.30. The standard InChI is InChI=1S/C9H19NO3/c1-3-13-8-4-6-10(2)7-5-9(11)12/h3-8H2,1-2H3,(H,11,12). The van der Waals surface area contributed by atoms with Crippen LogP contribution in [0.4, 0.5) is 0 Å². The number of hydrogen-bond donors (Lipinski definition) is 1. The van der Waals surface area contributed by atoms with Crippen LogP contribution in [0.3, 0.4) is 0 Å². The summed E-state index contributed by atoms with van der Waals surface area (Å²) in [7, 11) is 1.93. The highest BCUT2D eigenvalue weighted by molar-refractivity contribution is 5.66. The maximum Gasteiger partial charge on any atom is 0.304 e. The molecule has 0 aliphatic heterocycles. The van der Waals surface area contributed by atoms with Gasteiger partial charge in [0.05, 0.1) is 6.42 Å². The van der Waals surface area contributed by atoms with Gasteiger partial charge in [0.15, 0.2) is 0 Å². The average molecular weight is 189 g/mol. The molecule has 4 nitrogen and oxygen atoms in total. The molecule has 0 aliphatic carbocycles. The van der Waals surface area contributed by atoms with Crippen molar-refractivity contribution in [1.29, 1.82) is 0 Å². The Morgan fingerprint density at radius 3 is 2.69 bits per heavy atom. The number of nitrogens with zero attached hydrogens (tertiary/aromatic N) is 1. The summed E-state index contributed by atoms with van der Waals surface area (Å²) < 4.78 is 5.17. The van der Waals surface area contributed by atoms with E-state index >= 15 is 0 Å². The van der Waals surface area contributed by atoms with E-state index in [1.165, 1.54) is 0 Å². The predicted molar refractivity (Wildman–Crippen MR) is 50.9 cm³/mol. The molecule has 0 saturated heterocycles. The molecule has 13 heavy (non-hydrogen) atoms. The molecule has 0 radical (unpaired) electrons. The van der Waals surface area contributed by atoms with Crippen molar-refractivity contribution in [2.75, 3.05) is 33.4 Å². The van der Waals surface area contributed by atoms with E-state index in [0.29, 0.717) is 6.54 Å².